The van der Waals surface area contributed by atoms with Crippen molar-refractivity contribution in [2.24, 2.45) is 0 Å². The lowest BCUT2D eigenvalue weighted by atomic mass is 9.84. The van der Waals surface area contributed by atoms with Crippen LogP contribution >= 0.6 is 0 Å². The van der Waals surface area contributed by atoms with Gasteiger partial charge in [-0.25, -0.2) is 4.98 Å². The molecular formula is C21H30N4O2. The fourth-order valence-electron chi connectivity index (χ4n) is 2.79. The Morgan fingerprint density at radius 3 is 2.56 bits per heavy atom. The van der Waals surface area contributed by atoms with Crippen molar-refractivity contribution in [2.45, 2.75) is 38.5 Å². The number of carboxylic acid groups (broad SMARTS) is 1. The van der Waals surface area contributed by atoms with E-state index in [-0.39, 0.29) is 0 Å². The number of pyridine rings is 1. The molecule has 0 saturated carbocycles. The van der Waals surface area contributed by atoms with Crippen LogP contribution in [0.15, 0.2) is 42.6 Å². The smallest absolute Gasteiger partial charge is 0.313 e. The lowest BCUT2D eigenvalue weighted by molar-refractivity contribution is -0.142. The lowest BCUT2D eigenvalue weighted by Gasteiger charge is -2.21. The largest absolute Gasteiger partial charge is 0.481 e. The van der Waals surface area contributed by atoms with Gasteiger partial charge in [-0.15, -0.1) is 0 Å². The molecule has 0 bridgehead atoms. The van der Waals surface area contributed by atoms with Crippen LogP contribution in [0.25, 0.3) is 0 Å². The van der Waals surface area contributed by atoms with E-state index >= 15 is 0 Å². The number of nitrogen functional groups attached to an aromatic ring is 1. The van der Waals surface area contributed by atoms with Crippen molar-refractivity contribution in [3.63, 3.8) is 0 Å². The first-order chi connectivity index (χ1) is 12.8. The zero-order valence-electron chi connectivity index (χ0n) is 16.3. The van der Waals surface area contributed by atoms with E-state index in [1.807, 2.05) is 36.4 Å². The van der Waals surface area contributed by atoms with Gasteiger partial charge in [0.2, 0.25) is 0 Å². The van der Waals surface area contributed by atoms with E-state index in [0.717, 1.165) is 37.3 Å². The number of anilines is 2. The molecule has 1 unspecified atom stereocenters. The molecule has 1 aromatic carbocycles. The molecule has 5 N–H and O–H groups in total. The van der Waals surface area contributed by atoms with Gasteiger partial charge >= 0.3 is 5.97 Å². The quantitative estimate of drug-likeness (QED) is 0.479. The molecule has 0 spiro atoms. The van der Waals surface area contributed by atoms with Crippen molar-refractivity contribution in [3.05, 3.63) is 53.7 Å². The van der Waals surface area contributed by atoms with Crippen molar-refractivity contribution in [1.82, 2.24) is 10.3 Å². The standard InChI is InChI=1S/C21H30N4O2/c1-15(16-7-9-17(10-8-16)21(2,3)20(26)27)14-23-11-5-13-24-18-6-4-12-25-19(18)22/h4,6-10,12,15,23-24H,5,11,13-14H2,1-3H3,(H2,22,25)(H,26,27). The number of nitrogens with zero attached hydrogens (tertiary/aromatic N) is 1. The second kappa shape index (κ2) is 9.37. The Morgan fingerprint density at radius 2 is 1.93 bits per heavy atom. The average Bonchev–Trinajstić information content (AvgIpc) is 2.65. The third kappa shape index (κ3) is 5.69. The summed E-state index contributed by atoms with van der Waals surface area (Å²) in [6.07, 6.45) is 2.66. The minimum absolute atomic E-state index is 0.355. The fourth-order valence-corrected chi connectivity index (χ4v) is 2.79. The number of benzene rings is 1. The number of hydrogen-bond acceptors (Lipinski definition) is 5. The number of aromatic nitrogens is 1. The Bertz CT molecular complexity index is 744. The highest BCUT2D eigenvalue weighted by molar-refractivity contribution is 5.80. The summed E-state index contributed by atoms with van der Waals surface area (Å²) in [6.45, 7) is 8.22. The molecule has 2 rings (SSSR count). The van der Waals surface area contributed by atoms with Gasteiger partial charge in [0.05, 0.1) is 11.1 Å². The van der Waals surface area contributed by atoms with E-state index in [1.54, 1.807) is 20.0 Å². The number of carboxylic acids is 1. The van der Waals surface area contributed by atoms with Crippen LogP contribution < -0.4 is 16.4 Å². The molecule has 1 atom stereocenters. The summed E-state index contributed by atoms with van der Waals surface area (Å²) < 4.78 is 0. The number of carbonyl (C=O) groups is 1. The lowest BCUT2D eigenvalue weighted by Crippen LogP contribution is -2.28. The summed E-state index contributed by atoms with van der Waals surface area (Å²) in [5, 5.41) is 16.1. The number of nitrogens with one attached hydrogen (secondary N) is 2. The van der Waals surface area contributed by atoms with Crippen LogP contribution in [0.2, 0.25) is 0 Å². The maximum Gasteiger partial charge on any atom is 0.313 e. The molecule has 0 amide bonds. The van der Waals surface area contributed by atoms with Crippen LogP contribution in [0.1, 0.15) is 44.2 Å². The summed E-state index contributed by atoms with van der Waals surface area (Å²) in [6, 6.07) is 11.7. The second-order valence-corrected chi connectivity index (χ2v) is 7.37. The minimum atomic E-state index is -0.870. The molecule has 6 nitrogen and oxygen atoms in total. The van der Waals surface area contributed by atoms with Crippen LogP contribution in [-0.2, 0) is 10.2 Å². The van der Waals surface area contributed by atoms with Crippen LogP contribution in [0.3, 0.4) is 0 Å². The molecule has 1 aromatic heterocycles. The van der Waals surface area contributed by atoms with E-state index in [0.29, 0.717) is 11.7 Å². The van der Waals surface area contributed by atoms with Crippen molar-refractivity contribution < 1.29 is 9.90 Å². The van der Waals surface area contributed by atoms with Crippen LogP contribution in [0, 0.1) is 0 Å². The van der Waals surface area contributed by atoms with E-state index in [2.05, 4.69) is 22.5 Å². The van der Waals surface area contributed by atoms with Crippen LogP contribution in [0.5, 0.6) is 0 Å². The van der Waals surface area contributed by atoms with Crippen LogP contribution in [-0.4, -0.2) is 35.7 Å². The molecule has 6 heteroatoms. The Hall–Kier alpha value is -2.60. The van der Waals surface area contributed by atoms with Crippen molar-refractivity contribution in [3.8, 4) is 0 Å². The van der Waals surface area contributed by atoms with Crippen molar-refractivity contribution in [2.75, 3.05) is 30.7 Å². The van der Waals surface area contributed by atoms with Crippen molar-refractivity contribution >= 4 is 17.5 Å². The minimum Gasteiger partial charge on any atom is -0.481 e. The molecule has 0 saturated heterocycles. The Labute approximate surface area is 161 Å². The summed E-state index contributed by atoms with van der Waals surface area (Å²) in [5.74, 6) is 0.0640. The van der Waals surface area contributed by atoms with Gasteiger partial charge in [-0.2, -0.15) is 0 Å². The second-order valence-electron chi connectivity index (χ2n) is 7.37. The maximum absolute atomic E-state index is 11.4. The topological polar surface area (TPSA) is 100 Å². The van der Waals surface area contributed by atoms with E-state index in [4.69, 9.17) is 5.73 Å². The van der Waals surface area contributed by atoms with Gasteiger partial charge in [-0.1, -0.05) is 31.2 Å². The first-order valence-corrected chi connectivity index (χ1v) is 9.31. The van der Waals surface area contributed by atoms with Gasteiger partial charge in [0, 0.05) is 19.3 Å². The first kappa shape index (κ1) is 20.7. The summed E-state index contributed by atoms with van der Waals surface area (Å²) in [5.41, 5.74) is 7.82. The predicted molar refractivity (Wildman–Crippen MR) is 110 cm³/mol. The Kier molecular flexibility index (Phi) is 7.19. The molecule has 0 fully saturated rings. The summed E-state index contributed by atoms with van der Waals surface area (Å²) in [4.78, 5) is 15.4. The number of nitrogens with two attached hydrogens (primary N) is 1. The molecule has 146 valence electrons. The maximum atomic E-state index is 11.4. The zero-order chi connectivity index (χ0) is 19.9. The van der Waals surface area contributed by atoms with Gasteiger partial charge in [-0.05, 0) is 56.0 Å². The van der Waals surface area contributed by atoms with Gasteiger partial charge < -0.3 is 21.5 Å². The normalized spacial score (nSPS) is 12.6. The number of rotatable bonds is 10. The van der Waals surface area contributed by atoms with Gasteiger partial charge in [-0.3, -0.25) is 4.79 Å². The molecule has 0 radical (unpaired) electrons. The predicted octanol–water partition coefficient (Wildman–Crippen LogP) is 3.22. The highest BCUT2D eigenvalue weighted by Gasteiger charge is 2.29. The molecule has 0 aliphatic heterocycles. The number of aliphatic carboxylic acids is 1. The van der Waals surface area contributed by atoms with Crippen LogP contribution in [0.4, 0.5) is 11.5 Å². The SMILES string of the molecule is CC(CNCCCNc1cccnc1N)c1ccc(C(C)(C)C(=O)O)cc1. The molecule has 1 heterocycles. The van der Waals surface area contributed by atoms with E-state index < -0.39 is 11.4 Å². The molecule has 0 aliphatic rings. The molecular weight excluding hydrogens is 340 g/mol. The monoisotopic (exact) mass is 370 g/mol. The Balaban J connectivity index is 1.72. The van der Waals surface area contributed by atoms with E-state index in [9.17, 15) is 9.90 Å². The molecule has 2 aromatic rings. The summed E-state index contributed by atoms with van der Waals surface area (Å²) >= 11 is 0. The summed E-state index contributed by atoms with van der Waals surface area (Å²) in [7, 11) is 0. The zero-order valence-corrected chi connectivity index (χ0v) is 16.3. The van der Waals surface area contributed by atoms with E-state index in [1.165, 1.54) is 5.56 Å². The van der Waals surface area contributed by atoms with Gasteiger partial charge in [0.25, 0.3) is 0 Å². The highest BCUT2D eigenvalue weighted by Crippen LogP contribution is 2.25. The molecule has 27 heavy (non-hydrogen) atoms. The molecule has 0 aliphatic carbocycles. The fraction of sp³-hybridized carbons (Fsp3) is 0.429. The highest BCUT2D eigenvalue weighted by atomic mass is 16.4. The third-order valence-electron chi connectivity index (χ3n) is 4.87. The average molecular weight is 370 g/mol. The first-order valence-electron chi connectivity index (χ1n) is 9.31. The van der Waals surface area contributed by atoms with Gasteiger partial charge in [0.15, 0.2) is 0 Å². The van der Waals surface area contributed by atoms with Crippen molar-refractivity contribution in [1.29, 1.82) is 0 Å². The number of hydrogen-bond donors (Lipinski definition) is 4. The third-order valence-corrected chi connectivity index (χ3v) is 4.87. The van der Waals surface area contributed by atoms with Gasteiger partial charge in [0.1, 0.15) is 5.82 Å². The Morgan fingerprint density at radius 1 is 1.22 bits per heavy atom.